The summed E-state index contributed by atoms with van der Waals surface area (Å²) in [6.45, 7) is 2.55. The lowest BCUT2D eigenvalue weighted by molar-refractivity contribution is -0.130. The standard InChI is InChI=1S/C20H21BrN2O2/c21-18-9-4-8-17(15-18)20(25)23-11-5-10-22(12-13-23)19(24)14-16-6-2-1-3-7-16/h1-4,6-9,15H,5,10-14H2. The van der Waals surface area contributed by atoms with Crippen molar-refractivity contribution < 1.29 is 9.59 Å². The summed E-state index contributed by atoms with van der Waals surface area (Å²) in [5.41, 5.74) is 1.71. The Morgan fingerprint density at radius 3 is 2.36 bits per heavy atom. The van der Waals surface area contributed by atoms with Crippen molar-refractivity contribution in [3.8, 4) is 0 Å². The van der Waals surface area contributed by atoms with Crippen molar-refractivity contribution in [2.75, 3.05) is 26.2 Å². The third kappa shape index (κ3) is 4.69. The van der Waals surface area contributed by atoms with Gasteiger partial charge in [0.05, 0.1) is 6.42 Å². The maximum atomic E-state index is 12.7. The highest BCUT2D eigenvalue weighted by molar-refractivity contribution is 9.10. The number of nitrogens with zero attached hydrogens (tertiary/aromatic N) is 2. The van der Waals surface area contributed by atoms with Gasteiger partial charge in [-0.1, -0.05) is 52.3 Å². The first kappa shape index (κ1) is 17.7. The van der Waals surface area contributed by atoms with Gasteiger partial charge < -0.3 is 9.80 Å². The molecule has 0 bridgehead atoms. The van der Waals surface area contributed by atoms with E-state index in [9.17, 15) is 9.59 Å². The minimum atomic E-state index is 0.0265. The van der Waals surface area contributed by atoms with E-state index in [0.29, 0.717) is 38.2 Å². The average Bonchev–Trinajstić information content (AvgIpc) is 2.88. The van der Waals surface area contributed by atoms with Crippen molar-refractivity contribution in [1.82, 2.24) is 9.80 Å². The number of hydrogen-bond donors (Lipinski definition) is 0. The summed E-state index contributed by atoms with van der Waals surface area (Å²) >= 11 is 3.41. The van der Waals surface area contributed by atoms with E-state index in [4.69, 9.17) is 0 Å². The molecule has 1 fully saturated rings. The first-order valence-corrected chi connectivity index (χ1v) is 9.29. The SMILES string of the molecule is O=C(Cc1ccccc1)N1CCCN(C(=O)c2cccc(Br)c2)CC1. The molecule has 0 spiro atoms. The van der Waals surface area contributed by atoms with Crippen molar-refractivity contribution in [3.05, 3.63) is 70.2 Å². The van der Waals surface area contributed by atoms with Gasteiger partial charge in [-0.3, -0.25) is 9.59 Å². The second-order valence-corrected chi connectivity index (χ2v) is 7.11. The van der Waals surface area contributed by atoms with Crippen LogP contribution in [0.4, 0.5) is 0 Å². The van der Waals surface area contributed by atoms with Crippen molar-refractivity contribution in [3.63, 3.8) is 0 Å². The summed E-state index contributed by atoms with van der Waals surface area (Å²) < 4.78 is 0.896. The lowest BCUT2D eigenvalue weighted by Gasteiger charge is -2.22. The molecule has 0 atom stereocenters. The first-order valence-electron chi connectivity index (χ1n) is 8.50. The number of amides is 2. The van der Waals surface area contributed by atoms with E-state index in [1.165, 1.54) is 0 Å². The van der Waals surface area contributed by atoms with Crippen LogP contribution in [-0.4, -0.2) is 47.8 Å². The summed E-state index contributed by atoms with van der Waals surface area (Å²) in [6, 6.07) is 17.2. The van der Waals surface area contributed by atoms with Gasteiger partial charge >= 0.3 is 0 Å². The summed E-state index contributed by atoms with van der Waals surface area (Å²) in [6.07, 6.45) is 1.22. The molecular formula is C20H21BrN2O2. The second kappa shape index (κ2) is 8.30. The monoisotopic (exact) mass is 400 g/mol. The lowest BCUT2D eigenvalue weighted by atomic mass is 10.1. The Morgan fingerprint density at radius 2 is 1.60 bits per heavy atom. The van der Waals surface area contributed by atoms with Crippen LogP contribution in [-0.2, 0) is 11.2 Å². The molecule has 3 rings (SSSR count). The molecule has 1 saturated heterocycles. The van der Waals surface area contributed by atoms with Gasteiger partial charge in [0.1, 0.15) is 0 Å². The van der Waals surface area contributed by atoms with Crippen molar-refractivity contribution >= 4 is 27.7 Å². The summed E-state index contributed by atoms with van der Waals surface area (Å²) in [5, 5.41) is 0. The zero-order valence-electron chi connectivity index (χ0n) is 14.0. The second-order valence-electron chi connectivity index (χ2n) is 6.20. The highest BCUT2D eigenvalue weighted by atomic mass is 79.9. The molecule has 5 heteroatoms. The van der Waals surface area contributed by atoms with Crippen LogP contribution in [0.3, 0.4) is 0 Å². The largest absolute Gasteiger partial charge is 0.341 e. The third-order valence-corrected chi connectivity index (χ3v) is 4.90. The van der Waals surface area contributed by atoms with Crippen LogP contribution in [0, 0.1) is 0 Å². The summed E-state index contributed by atoms with van der Waals surface area (Å²) in [4.78, 5) is 28.9. The number of rotatable bonds is 3. The highest BCUT2D eigenvalue weighted by Gasteiger charge is 2.22. The van der Waals surface area contributed by atoms with E-state index in [1.807, 2.05) is 64.4 Å². The molecule has 1 aliphatic rings. The van der Waals surface area contributed by atoms with E-state index in [2.05, 4.69) is 15.9 Å². The van der Waals surface area contributed by atoms with E-state index >= 15 is 0 Å². The van der Waals surface area contributed by atoms with Gasteiger partial charge in [-0.05, 0) is 30.2 Å². The number of carbonyl (C=O) groups is 2. The fourth-order valence-corrected chi connectivity index (χ4v) is 3.46. The van der Waals surface area contributed by atoms with Crippen LogP contribution >= 0.6 is 15.9 Å². The molecule has 0 unspecified atom stereocenters. The summed E-state index contributed by atoms with van der Waals surface area (Å²) in [7, 11) is 0. The summed E-state index contributed by atoms with van der Waals surface area (Å²) in [5.74, 6) is 0.154. The normalized spacial score (nSPS) is 14.9. The topological polar surface area (TPSA) is 40.6 Å². The fourth-order valence-electron chi connectivity index (χ4n) is 3.06. The van der Waals surface area contributed by atoms with Gasteiger partial charge in [0.2, 0.25) is 5.91 Å². The molecule has 1 aliphatic heterocycles. The fraction of sp³-hybridized carbons (Fsp3) is 0.300. The van der Waals surface area contributed by atoms with E-state index in [-0.39, 0.29) is 11.8 Å². The highest BCUT2D eigenvalue weighted by Crippen LogP contribution is 2.15. The minimum Gasteiger partial charge on any atom is -0.341 e. The van der Waals surface area contributed by atoms with Gasteiger partial charge in [0, 0.05) is 36.2 Å². The van der Waals surface area contributed by atoms with Crippen LogP contribution in [0.1, 0.15) is 22.3 Å². The van der Waals surface area contributed by atoms with Gasteiger partial charge in [0.15, 0.2) is 0 Å². The number of carbonyl (C=O) groups excluding carboxylic acids is 2. The molecular weight excluding hydrogens is 380 g/mol. The molecule has 1 heterocycles. The Hall–Kier alpha value is -2.14. The van der Waals surface area contributed by atoms with Crippen molar-refractivity contribution in [2.45, 2.75) is 12.8 Å². The molecule has 0 aliphatic carbocycles. The molecule has 2 aromatic rings. The first-order chi connectivity index (χ1) is 12.1. The maximum Gasteiger partial charge on any atom is 0.253 e. The van der Waals surface area contributed by atoms with Crippen LogP contribution in [0.25, 0.3) is 0 Å². The quantitative estimate of drug-likeness (QED) is 0.792. The minimum absolute atomic E-state index is 0.0265. The molecule has 0 aromatic heterocycles. The predicted octanol–water partition coefficient (Wildman–Crippen LogP) is 3.37. The van der Waals surface area contributed by atoms with Gasteiger partial charge in [-0.15, -0.1) is 0 Å². The molecule has 25 heavy (non-hydrogen) atoms. The molecule has 2 amide bonds. The zero-order valence-corrected chi connectivity index (χ0v) is 15.6. The molecule has 4 nitrogen and oxygen atoms in total. The maximum absolute atomic E-state index is 12.7. The molecule has 0 saturated carbocycles. The smallest absolute Gasteiger partial charge is 0.253 e. The van der Waals surface area contributed by atoms with Crippen LogP contribution in [0.2, 0.25) is 0 Å². The Kier molecular flexibility index (Phi) is 5.87. The van der Waals surface area contributed by atoms with Gasteiger partial charge in [0.25, 0.3) is 5.91 Å². The number of benzene rings is 2. The van der Waals surface area contributed by atoms with E-state index in [0.717, 1.165) is 16.5 Å². The Morgan fingerprint density at radius 1 is 0.880 bits per heavy atom. The molecule has 0 N–H and O–H groups in total. The lowest BCUT2D eigenvalue weighted by Crippen LogP contribution is -2.38. The third-order valence-electron chi connectivity index (χ3n) is 4.41. The molecule has 0 radical (unpaired) electrons. The average molecular weight is 401 g/mol. The number of hydrogen-bond acceptors (Lipinski definition) is 2. The Labute approximate surface area is 156 Å². The molecule has 130 valence electrons. The van der Waals surface area contributed by atoms with Gasteiger partial charge in [-0.25, -0.2) is 0 Å². The Balaban J connectivity index is 1.60. The number of halogens is 1. The van der Waals surface area contributed by atoms with Crippen molar-refractivity contribution in [2.24, 2.45) is 0 Å². The van der Waals surface area contributed by atoms with Crippen LogP contribution < -0.4 is 0 Å². The molecule has 2 aromatic carbocycles. The van der Waals surface area contributed by atoms with E-state index in [1.54, 1.807) is 0 Å². The zero-order chi connectivity index (χ0) is 17.6. The van der Waals surface area contributed by atoms with Crippen LogP contribution in [0.15, 0.2) is 59.1 Å². The Bertz CT molecular complexity index is 748. The van der Waals surface area contributed by atoms with Crippen LogP contribution in [0.5, 0.6) is 0 Å². The van der Waals surface area contributed by atoms with Gasteiger partial charge in [-0.2, -0.15) is 0 Å². The van der Waals surface area contributed by atoms with E-state index < -0.39 is 0 Å². The van der Waals surface area contributed by atoms with Crippen molar-refractivity contribution in [1.29, 1.82) is 0 Å². The predicted molar refractivity (Wildman–Crippen MR) is 101 cm³/mol.